The minimum atomic E-state index is -1.13. The molecule has 7 nitrogen and oxygen atoms in total. The van der Waals surface area contributed by atoms with Crippen LogP contribution < -0.4 is 5.32 Å². The fourth-order valence-corrected chi connectivity index (χ4v) is 3.73. The molecule has 0 saturated heterocycles. The fourth-order valence-electron chi connectivity index (χ4n) is 3.73. The summed E-state index contributed by atoms with van der Waals surface area (Å²) in [6.45, 7) is 0. The standard InChI is InChI=1S/C25H19N3O4/c29-24(18-11-19(15-26-14-18)28-9-3-4-10-28)27-21-12-17(7-8-20(21)25(30)31)23-13-16-5-1-2-6-22(16)32-23/h1,3-5,7-15H,2,6H2,(H,27,29)(H,30,31). The lowest BCUT2D eigenvalue weighted by Gasteiger charge is -2.11. The highest BCUT2D eigenvalue weighted by Crippen LogP contribution is 2.32. The van der Waals surface area contributed by atoms with Crippen molar-refractivity contribution in [3.05, 3.63) is 95.8 Å². The van der Waals surface area contributed by atoms with E-state index in [4.69, 9.17) is 4.42 Å². The Hall–Kier alpha value is -4.39. The van der Waals surface area contributed by atoms with Gasteiger partial charge in [0.15, 0.2) is 0 Å². The molecule has 4 aromatic rings. The molecular formula is C25H19N3O4. The molecule has 0 aliphatic heterocycles. The van der Waals surface area contributed by atoms with Crippen LogP contribution in [0.5, 0.6) is 0 Å². The fraction of sp³-hybridized carbons (Fsp3) is 0.0800. The second-order valence-electron chi connectivity index (χ2n) is 7.47. The predicted octanol–water partition coefficient (Wildman–Crippen LogP) is 5.04. The van der Waals surface area contributed by atoms with E-state index in [0.717, 1.165) is 29.9 Å². The molecule has 1 aliphatic carbocycles. The van der Waals surface area contributed by atoms with Gasteiger partial charge in [-0.3, -0.25) is 9.78 Å². The maximum atomic E-state index is 12.9. The van der Waals surface area contributed by atoms with E-state index < -0.39 is 11.9 Å². The summed E-state index contributed by atoms with van der Waals surface area (Å²) in [6, 6.07) is 12.1. The third kappa shape index (κ3) is 3.72. The third-order valence-corrected chi connectivity index (χ3v) is 5.35. The van der Waals surface area contributed by atoms with E-state index in [1.54, 1.807) is 24.4 Å². The minimum Gasteiger partial charge on any atom is -0.478 e. The summed E-state index contributed by atoms with van der Waals surface area (Å²) in [6.07, 6.45) is 12.7. The molecular weight excluding hydrogens is 406 g/mol. The molecule has 32 heavy (non-hydrogen) atoms. The summed E-state index contributed by atoms with van der Waals surface area (Å²) in [5.41, 5.74) is 2.93. The summed E-state index contributed by atoms with van der Waals surface area (Å²) in [7, 11) is 0. The van der Waals surface area contributed by atoms with Gasteiger partial charge in [0, 0.05) is 36.1 Å². The van der Waals surface area contributed by atoms with Gasteiger partial charge in [0.1, 0.15) is 11.5 Å². The van der Waals surface area contributed by atoms with Crippen molar-refractivity contribution in [2.45, 2.75) is 12.8 Å². The summed E-state index contributed by atoms with van der Waals surface area (Å²) in [5, 5.41) is 12.3. The number of fused-ring (bicyclic) bond motifs is 1. The number of nitrogens with one attached hydrogen (secondary N) is 1. The van der Waals surface area contributed by atoms with E-state index in [2.05, 4.69) is 16.4 Å². The predicted molar refractivity (Wildman–Crippen MR) is 120 cm³/mol. The molecule has 7 heteroatoms. The molecule has 5 rings (SSSR count). The number of hydrogen-bond acceptors (Lipinski definition) is 4. The Bertz CT molecular complexity index is 1350. The molecule has 0 spiro atoms. The maximum Gasteiger partial charge on any atom is 0.337 e. The number of pyridine rings is 1. The number of nitrogens with zero attached hydrogens (tertiary/aromatic N) is 2. The molecule has 0 fully saturated rings. The van der Waals surface area contributed by atoms with Crippen LogP contribution in [-0.4, -0.2) is 26.5 Å². The lowest BCUT2D eigenvalue weighted by molar-refractivity contribution is 0.0698. The van der Waals surface area contributed by atoms with Crippen LogP contribution in [0.3, 0.4) is 0 Å². The SMILES string of the molecule is O=C(Nc1cc(-c2cc3c(o2)CCC=C3)ccc1C(=O)O)c1cncc(-n2cccc2)c1. The van der Waals surface area contributed by atoms with Crippen molar-refractivity contribution in [2.24, 2.45) is 0 Å². The first kappa shape index (κ1) is 19.6. The van der Waals surface area contributed by atoms with Gasteiger partial charge in [-0.1, -0.05) is 18.2 Å². The van der Waals surface area contributed by atoms with Crippen molar-refractivity contribution >= 4 is 23.6 Å². The normalized spacial score (nSPS) is 12.4. The van der Waals surface area contributed by atoms with Crippen LogP contribution >= 0.6 is 0 Å². The number of hydrogen-bond donors (Lipinski definition) is 2. The Kier molecular flexibility index (Phi) is 4.91. The average Bonchev–Trinajstić information content (AvgIpc) is 3.49. The molecule has 2 N–H and O–H groups in total. The molecule has 0 atom stereocenters. The van der Waals surface area contributed by atoms with Gasteiger partial charge in [0.05, 0.1) is 28.7 Å². The number of furan rings is 1. The van der Waals surface area contributed by atoms with Crippen LogP contribution in [-0.2, 0) is 6.42 Å². The second-order valence-corrected chi connectivity index (χ2v) is 7.47. The molecule has 3 aromatic heterocycles. The number of aromatic nitrogens is 2. The molecule has 0 unspecified atom stereocenters. The van der Waals surface area contributed by atoms with Crippen LogP contribution in [0, 0.1) is 0 Å². The first-order chi connectivity index (χ1) is 15.6. The van der Waals surface area contributed by atoms with Gasteiger partial charge in [-0.15, -0.1) is 0 Å². The summed E-state index contributed by atoms with van der Waals surface area (Å²) in [4.78, 5) is 28.8. The number of aryl methyl sites for hydroxylation is 1. The van der Waals surface area contributed by atoms with Crippen molar-refractivity contribution in [1.82, 2.24) is 9.55 Å². The minimum absolute atomic E-state index is 0.00663. The van der Waals surface area contributed by atoms with Gasteiger partial charge in [0.2, 0.25) is 0 Å². The number of rotatable bonds is 5. The Balaban J connectivity index is 1.47. The van der Waals surface area contributed by atoms with Crippen LogP contribution in [0.1, 0.15) is 38.5 Å². The number of aromatic carboxylic acids is 1. The highest BCUT2D eigenvalue weighted by molar-refractivity contribution is 6.08. The number of carboxylic acid groups (broad SMARTS) is 1. The van der Waals surface area contributed by atoms with Gasteiger partial charge < -0.3 is 19.4 Å². The van der Waals surface area contributed by atoms with Gasteiger partial charge in [-0.25, -0.2) is 4.79 Å². The highest BCUT2D eigenvalue weighted by atomic mass is 16.4. The Morgan fingerprint density at radius 3 is 2.72 bits per heavy atom. The zero-order valence-electron chi connectivity index (χ0n) is 17.0. The second kappa shape index (κ2) is 8.03. The summed E-state index contributed by atoms with van der Waals surface area (Å²) in [5.74, 6) is -0.0471. The maximum absolute atomic E-state index is 12.9. The molecule has 1 amide bonds. The molecule has 0 radical (unpaired) electrons. The van der Waals surface area contributed by atoms with E-state index in [0.29, 0.717) is 16.9 Å². The first-order valence-corrected chi connectivity index (χ1v) is 10.2. The van der Waals surface area contributed by atoms with Crippen LogP contribution in [0.15, 0.2) is 77.7 Å². The monoisotopic (exact) mass is 425 g/mol. The average molecular weight is 425 g/mol. The quantitative estimate of drug-likeness (QED) is 0.467. The smallest absolute Gasteiger partial charge is 0.337 e. The summed E-state index contributed by atoms with van der Waals surface area (Å²) < 4.78 is 7.80. The van der Waals surface area contributed by atoms with Crippen LogP contribution in [0.4, 0.5) is 5.69 Å². The van der Waals surface area contributed by atoms with Crippen LogP contribution in [0.2, 0.25) is 0 Å². The molecule has 0 bridgehead atoms. The van der Waals surface area contributed by atoms with E-state index in [9.17, 15) is 14.7 Å². The first-order valence-electron chi connectivity index (χ1n) is 10.2. The topological polar surface area (TPSA) is 97.4 Å². The van der Waals surface area contributed by atoms with Gasteiger partial charge in [-0.05, 0) is 42.8 Å². The number of carbonyl (C=O) groups is 2. The number of amides is 1. The number of carbonyl (C=O) groups excluding carboxylic acids is 1. The zero-order chi connectivity index (χ0) is 22.1. The lowest BCUT2D eigenvalue weighted by Crippen LogP contribution is -2.15. The Morgan fingerprint density at radius 1 is 1.09 bits per heavy atom. The molecule has 158 valence electrons. The van der Waals surface area contributed by atoms with Crippen molar-refractivity contribution in [1.29, 1.82) is 0 Å². The Labute approximate surface area is 183 Å². The van der Waals surface area contributed by atoms with Gasteiger partial charge in [0.25, 0.3) is 5.91 Å². The largest absolute Gasteiger partial charge is 0.478 e. The van der Waals surface area contributed by atoms with E-state index in [1.165, 1.54) is 12.3 Å². The Morgan fingerprint density at radius 2 is 1.94 bits per heavy atom. The molecule has 1 aromatic carbocycles. The van der Waals surface area contributed by atoms with Crippen molar-refractivity contribution in [3.63, 3.8) is 0 Å². The molecule has 1 aliphatic rings. The van der Waals surface area contributed by atoms with Crippen molar-refractivity contribution in [3.8, 4) is 17.0 Å². The van der Waals surface area contributed by atoms with Crippen molar-refractivity contribution in [2.75, 3.05) is 5.32 Å². The van der Waals surface area contributed by atoms with Crippen molar-refractivity contribution < 1.29 is 19.1 Å². The van der Waals surface area contributed by atoms with Crippen LogP contribution in [0.25, 0.3) is 23.1 Å². The number of anilines is 1. The number of allylic oxidation sites excluding steroid dienone is 1. The highest BCUT2D eigenvalue weighted by Gasteiger charge is 2.18. The summed E-state index contributed by atoms with van der Waals surface area (Å²) >= 11 is 0. The zero-order valence-corrected chi connectivity index (χ0v) is 17.0. The number of carboxylic acids is 1. The lowest BCUT2D eigenvalue weighted by atomic mass is 10.0. The van der Waals surface area contributed by atoms with E-state index in [-0.39, 0.29) is 11.3 Å². The number of benzene rings is 1. The van der Waals surface area contributed by atoms with E-state index in [1.807, 2.05) is 41.2 Å². The molecule has 0 saturated carbocycles. The third-order valence-electron chi connectivity index (χ3n) is 5.35. The van der Waals surface area contributed by atoms with E-state index >= 15 is 0 Å². The molecule has 3 heterocycles. The van der Waals surface area contributed by atoms with Gasteiger partial charge in [-0.2, -0.15) is 0 Å². The van der Waals surface area contributed by atoms with Gasteiger partial charge >= 0.3 is 5.97 Å².